The zero-order valence-electron chi connectivity index (χ0n) is 9.87. The zero-order chi connectivity index (χ0) is 12.3. The van der Waals surface area contributed by atoms with E-state index >= 15 is 0 Å². The van der Waals surface area contributed by atoms with Gasteiger partial charge in [0.25, 0.3) is 0 Å². The van der Waals surface area contributed by atoms with E-state index in [0.717, 1.165) is 16.7 Å². The van der Waals surface area contributed by atoms with Crippen LogP contribution in [0.25, 0.3) is 11.1 Å². The third-order valence-corrected chi connectivity index (χ3v) is 2.72. The van der Waals surface area contributed by atoms with E-state index in [2.05, 4.69) is 17.2 Å². The smallest absolute Gasteiger partial charge is 0.0585 e. The van der Waals surface area contributed by atoms with Gasteiger partial charge in [0.2, 0.25) is 0 Å². The number of nitrogens with zero attached hydrogens (tertiary/aromatic N) is 2. The van der Waals surface area contributed by atoms with Gasteiger partial charge in [0, 0.05) is 24.8 Å². The number of aryl methyl sites for hydroxylation is 1. The molecule has 4 nitrogen and oxygen atoms in total. The van der Waals surface area contributed by atoms with Crippen molar-refractivity contribution in [3.05, 3.63) is 42.2 Å². The van der Waals surface area contributed by atoms with Crippen LogP contribution in [-0.4, -0.2) is 27.5 Å². The number of rotatable bonds is 4. The van der Waals surface area contributed by atoms with Gasteiger partial charge < -0.3 is 10.8 Å². The highest BCUT2D eigenvalue weighted by Gasteiger charge is 2.04. The van der Waals surface area contributed by atoms with E-state index in [1.54, 1.807) is 4.68 Å². The molecule has 0 aliphatic carbocycles. The van der Waals surface area contributed by atoms with Crippen LogP contribution >= 0.6 is 0 Å². The molecule has 0 aliphatic rings. The van der Waals surface area contributed by atoms with Gasteiger partial charge in [0.15, 0.2) is 0 Å². The van der Waals surface area contributed by atoms with Crippen molar-refractivity contribution in [3.8, 4) is 11.1 Å². The molecule has 1 atom stereocenters. The minimum Gasteiger partial charge on any atom is -0.395 e. The van der Waals surface area contributed by atoms with Crippen LogP contribution in [-0.2, 0) is 13.5 Å². The van der Waals surface area contributed by atoms with Gasteiger partial charge in [-0.2, -0.15) is 5.10 Å². The molecule has 1 aromatic heterocycles. The Hall–Kier alpha value is -1.65. The first-order valence-corrected chi connectivity index (χ1v) is 5.63. The average Bonchev–Trinajstić information content (AvgIpc) is 2.77. The van der Waals surface area contributed by atoms with Crippen molar-refractivity contribution >= 4 is 0 Å². The number of nitrogens with two attached hydrogens (primary N) is 1. The predicted molar refractivity (Wildman–Crippen MR) is 67.4 cm³/mol. The number of hydrogen-bond donors (Lipinski definition) is 2. The molecule has 0 saturated heterocycles. The van der Waals surface area contributed by atoms with Crippen LogP contribution in [0.3, 0.4) is 0 Å². The second-order valence-electron chi connectivity index (χ2n) is 4.25. The van der Waals surface area contributed by atoms with Crippen molar-refractivity contribution < 1.29 is 5.11 Å². The van der Waals surface area contributed by atoms with Crippen LogP contribution in [0.2, 0.25) is 0 Å². The largest absolute Gasteiger partial charge is 0.395 e. The van der Waals surface area contributed by atoms with Crippen molar-refractivity contribution in [1.29, 1.82) is 0 Å². The topological polar surface area (TPSA) is 64.1 Å². The van der Waals surface area contributed by atoms with E-state index in [-0.39, 0.29) is 12.6 Å². The first kappa shape index (κ1) is 11.8. The van der Waals surface area contributed by atoms with Crippen LogP contribution in [0.15, 0.2) is 36.7 Å². The fraction of sp³-hybridized carbons (Fsp3) is 0.308. The average molecular weight is 231 g/mol. The summed E-state index contributed by atoms with van der Waals surface area (Å²) in [6.07, 6.45) is 4.52. The molecule has 1 aromatic carbocycles. The van der Waals surface area contributed by atoms with Gasteiger partial charge in [-0.3, -0.25) is 4.68 Å². The molecular weight excluding hydrogens is 214 g/mol. The minimum absolute atomic E-state index is 0.0182. The first-order valence-electron chi connectivity index (χ1n) is 5.63. The van der Waals surface area contributed by atoms with Crippen LogP contribution in [0.5, 0.6) is 0 Å². The second-order valence-corrected chi connectivity index (χ2v) is 4.25. The number of benzene rings is 1. The van der Waals surface area contributed by atoms with Gasteiger partial charge in [0.05, 0.1) is 12.8 Å². The van der Waals surface area contributed by atoms with Gasteiger partial charge in [0.1, 0.15) is 0 Å². The van der Waals surface area contributed by atoms with Crippen LogP contribution in [0.1, 0.15) is 5.56 Å². The molecule has 2 aromatic rings. The van der Waals surface area contributed by atoms with E-state index in [1.165, 1.54) is 0 Å². The summed E-state index contributed by atoms with van der Waals surface area (Å²) in [4.78, 5) is 0. The Morgan fingerprint density at radius 3 is 2.53 bits per heavy atom. The maximum atomic E-state index is 8.90. The zero-order valence-corrected chi connectivity index (χ0v) is 9.87. The molecule has 17 heavy (non-hydrogen) atoms. The van der Waals surface area contributed by atoms with E-state index in [0.29, 0.717) is 6.42 Å². The van der Waals surface area contributed by atoms with E-state index < -0.39 is 0 Å². The fourth-order valence-corrected chi connectivity index (χ4v) is 1.77. The molecule has 3 N–H and O–H groups in total. The van der Waals surface area contributed by atoms with Gasteiger partial charge in [-0.05, 0) is 17.5 Å². The summed E-state index contributed by atoms with van der Waals surface area (Å²) < 4.78 is 1.78. The number of hydrogen-bond acceptors (Lipinski definition) is 3. The van der Waals surface area contributed by atoms with Gasteiger partial charge in [-0.25, -0.2) is 0 Å². The highest BCUT2D eigenvalue weighted by Crippen LogP contribution is 2.19. The summed E-state index contributed by atoms with van der Waals surface area (Å²) in [5.41, 5.74) is 9.07. The monoisotopic (exact) mass is 231 g/mol. The van der Waals surface area contributed by atoms with E-state index in [1.807, 2.05) is 31.6 Å². The van der Waals surface area contributed by atoms with Crippen molar-refractivity contribution in [3.63, 3.8) is 0 Å². The lowest BCUT2D eigenvalue weighted by Crippen LogP contribution is -2.26. The number of aliphatic hydroxyl groups is 1. The molecule has 2 rings (SSSR count). The molecule has 0 saturated carbocycles. The fourth-order valence-electron chi connectivity index (χ4n) is 1.77. The van der Waals surface area contributed by atoms with Crippen LogP contribution in [0.4, 0.5) is 0 Å². The van der Waals surface area contributed by atoms with Crippen molar-refractivity contribution in [2.45, 2.75) is 12.5 Å². The van der Waals surface area contributed by atoms with E-state index in [9.17, 15) is 0 Å². The van der Waals surface area contributed by atoms with Crippen LogP contribution in [0, 0.1) is 0 Å². The highest BCUT2D eigenvalue weighted by molar-refractivity contribution is 5.61. The van der Waals surface area contributed by atoms with Gasteiger partial charge >= 0.3 is 0 Å². The summed E-state index contributed by atoms with van der Waals surface area (Å²) in [7, 11) is 1.90. The first-order chi connectivity index (χ1) is 8.19. The summed E-state index contributed by atoms with van der Waals surface area (Å²) in [5.74, 6) is 0. The molecule has 0 fully saturated rings. The summed E-state index contributed by atoms with van der Waals surface area (Å²) in [6, 6.07) is 8.00. The lowest BCUT2D eigenvalue weighted by molar-refractivity contribution is 0.265. The SMILES string of the molecule is Cn1cc(-c2ccc(C[C@H](N)CO)cc2)cn1. The Kier molecular flexibility index (Phi) is 3.56. The van der Waals surface area contributed by atoms with E-state index in [4.69, 9.17) is 10.8 Å². The lowest BCUT2D eigenvalue weighted by Gasteiger charge is -2.08. The Morgan fingerprint density at radius 2 is 2.00 bits per heavy atom. The second kappa shape index (κ2) is 5.12. The molecule has 0 spiro atoms. The van der Waals surface area contributed by atoms with Crippen molar-refractivity contribution in [2.24, 2.45) is 12.8 Å². The molecular formula is C13H17N3O. The summed E-state index contributed by atoms with van der Waals surface area (Å²) in [5, 5.41) is 13.0. The third-order valence-electron chi connectivity index (χ3n) is 2.72. The molecule has 0 aliphatic heterocycles. The standard InChI is InChI=1S/C13H17N3O/c1-16-8-12(7-15-16)11-4-2-10(3-5-11)6-13(14)9-17/h2-5,7-8,13,17H,6,9,14H2,1H3/t13-/m0/s1. The Labute approximate surface area is 101 Å². The molecule has 4 heteroatoms. The van der Waals surface area contributed by atoms with Gasteiger partial charge in [-0.15, -0.1) is 0 Å². The number of aliphatic hydroxyl groups excluding tert-OH is 1. The number of aromatic nitrogens is 2. The molecule has 0 amide bonds. The quantitative estimate of drug-likeness (QED) is 0.823. The Morgan fingerprint density at radius 1 is 1.29 bits per heavy atom. The Bertz CT molecular complexity index is 476. The lowest BCUT2D eigenvalue weighted by atomic mass is 10.0. The minimum atomic E-state index is -0.181. The summed E-state index contributed by atoms with van der Waals surface area (Å²) in [6.45, 7) is 0.0182. The molecule has 0 bridgehead atoms. The molecule has 0 radical (unpaired) electrons. The maximum absolute atomic E-state index is 8.90. The molecule has 0 unspecified atom stereocenters. The summed E-state index contributed by atoms with van der Waals surface area (Å²) >= 11 is 0. The van der Waals surface area contributed by atoms with Crippen LogP contribution < -0.4 is 5.73 Å². The van der Waals surface area contributed by atoms with Crippen molar-refractivity contribution in [1.82, 2.24) is 9.78 Å². The van der Waals surface area contributed by atoms with Gasteiger partial charge in [-0.1, -0.05) is 24.3 Å². The highest BCUT2D eigenvalue weighted by atomic mass is 16.3. The Balaban J connectivity index is 2.13. The normalized spacial score (nSPS) is 12.6. The maximum Gasteiger partial charge on any atom is 0.0585 e. The molecule has 1 heterocycles. The third kappa shape index (κ3) is 2.93. The predicted octanol–water partition coefficient (Wildman–Crippen LogP) is 0.949. The molecule has 90 valence electrons. The van der Waals surface area contributed by atoms with Crippen molar-refractivity contribution in [2.75, 3.05) is 6.61 Å².